The van der Waals surface area contributed by atoms with Gasteiger partial charge in [-0.25, -0.2) is 0 Å². The van der Waals surface area contributed by atoms with Crippen molar-refractivity contribution in [3.05, 3.63) is 48.3 Å². The van der Waals surface area contributed by atoms with Crippen molar-refractivity contribution in [2.45, 2.75) is 25.7 Å². The van der Waals surface area contributed by atoms with Gasteiger partial charge < -0.3 is 15.4 Å². The number of hydrogen-bond donors (Lipinski definition) is 2. The SMILES string of the molecule is CN=C(NCCCn1cccn1)NCc1cccc(OCC(F)(F)F)c1.I. The van der Waals surface area contributed by atoms with Crippen LogP contribution >= 0.6 is 24.0 Å². The van der Waals surface area contributed by atoms with Gasteiger partial charge in [0.15, 0.2) is 12.6 Å². The largest absolute Gasteiger partial charge is 0.484 e. The molecule has 150 valence electrons. The number of rotatable bonds is 8. The number of aromatic nitrogens is 2. The Hall–Kier alpha value is -1.98. The number of guanidine groups is 1. The summed E-state index contributed by atoms with van der Waals surface area (Å²) in [6.07, 6.45) is 0.168. The Balaban J connectivity index is 0.00000364. The Morgan fingerprint density at radius 1 is 1.26 bits per heavy atom. The molecule has 1 heterocycles. The molecule has 0 radical (unpaired) electrons. The highest BCUT2D eigenvalue weighted by molar-refractivity contribution is 14.0. The minimum absolute atomic E-state index is 0. The molecule has 1 aromatic heterocycles. The minimum Gasteiger partial charge on any atom is -0.484 e. The van der Waals surface area contributed by atoms with Crippen LogP contribution in [0.1, 0.15) is 12.0 Å². The first-order valence-corrected chi connectivity index (χ1v) is 8.17. The lowest BCUT2D eigenvalue weighted by Crippen LogP contribution is -2.37. The molecule has 0 unspecified atom stereocenters. The zero-order valence-electron chi connectivity index (χ0n) is 14.9. The van der Waals surface area contributed by atoms with Crippen LogP contribution < -0.4 is 15.4 Å². The first kappa shape index (κ1) is 23.1. The standard InChI is InChI=1S/C17H22F3N5O.HI/c1-21-16(22-7-3-9-25-10-4-8-24-25)23-12-14-5-2-6-15(11-14)26-13-17(18,19)20;/h2,4-6,8,10-11H,3,7,9,12-13H2,1H3,(H2,21,22,23);1H. The Morgan fingerprint density at radius 2 is 2.07 bits per heavy atom. The van der Waals surface area contributed by atoms with Crippen molar-refractivity contribution in [2.75, 3.05) is 20.2 Å². The van der Waals surface area contributed by atoms with Gasteiger partial charge in [-0.3, -0.25) is 9.67 Å². The maximum Gasteiger partial charge on any atom is 0.422 e. The molecule has 0 bridgehead atoms. The lowest BCUT2D eigenvalue weighted by molar-refractivity contribution is -0.153. The molecule has 0 saturated carbocycles. The van der Waals surface area contributed by atoms with Gasteiger partial charge in [0, 0.05) is 39.1 Å². The van der Waals surface area contributed by atoms with E-state index in [1.54, 1.807) is 31.4 Å². The molecular formula is C17H23F3IN5O. The molecule has 0 spiro atoms. The predicted molar refractivity (Wildman–Crippen MR) is 108 cm³/mol. The summed E-state index contributed by atoms with van der Waals surface area (Å²) in [5, 5.41) is 10.4. The van der Waals surface area contributed by atoms with Crippen LogP contribution in [0.3, 0.4) is 0 Å². The number of hydrogen-bond acceptors (Lipinski definition) is 3. The molecule has 0 aliphatic carbocycles. The van der Waals surface area contributed by atoms with Crippen molar-refractivity contribution in [1.29, 1.82) is 0 Å². The average molecular weight is 497 g/mol. The highest BCUT2D eigenvalue weighted by Crippen LogP contribution is 2.19. The molecular weight excluding hydrogens is 474 g/mol. The van der Waals surface area contributed by atoms with Gasteiger partial charge >= 0.3 is 6.18 Å². The summed E-state index contributed by atoms with van der Waals surface area (Å²) in [5.74, 6) is 0.802. The lowest BCUT2D eigenvalue weighted by atomic mass is 10.2. The molecule has 27 heavy (non-hydrogen) atoms. The summed E-state index contributed by atoms with van der Waals surface area (Å²) in [4.78, 5) is 4.12. The van der Waals surface area contributed by atoms with E-state index >= 15 is 0 Å². The van der Waals surface area contributed by atoms with Crippen molar-refractivity contribution < 1.29 is 17.9 Å². The summed E-state index contributed by atoms with van der Waals surface area (Å²) < 4.78 is 43.2. The van der Waals surface area contributed by atoms with Crippen LogP contribution in [0, 0.1) is 0 Å². The summed E-state index contributed by atoms with van der Waals surface area (Å²) in [6, 6.07) is 8.41. The maximum absolute atomic E-state index is 12.2. The molecule has 2 N–H and O–H groups in total. The zero-order chi connectivity index (χ0) is 18.8. The third-order valence-electron chi connectivity index (χ3n) is 3.40. The van der Waals surface area contributed by atoms with Crippen LogP contribution in [-0.2, 0) is 13.1 Å². The van der Waals surface area contributed by atoms with E-state index < -0.39 is 12.8 Å². The lowest BCUT2D eigenvalue weighted by Gasteiger charge is -2.13. The molecule has 6 nitrogen and oxygen atoms in total. The molecule has 2 rings (SSSR count). The van der Waals surface area contributed by atoms with Gasteiger partial charge in [0.25, 0.3) is 0 Å². The van der Waals surface area contributed by atoms with Crippen LogP contribution in [0.25, 0.3) is 0 Å². The minimum atomic E-state index is -4.35. The van der Waals surface area contributed by atoms with Gasteiger partial charge in [-0.15, -0.1) is 24.0 Å². The van der Waals surface area contributed by atoms with E-state index in [-0.39, 0.29) is 29.7 Å². The van der Waals surface area contributed by atoms with Crippen molar-refractivity contribution in [1.82, 2.24) is 20.4 Å². The predicted octanol–water partition coefficient (Wildman–Crippen LogP) is 3.20. The van der Waals surface area contributed by atoms with Crippen LogP contribution in [0.2, 0.25) is 0 Å². The van der Waals surface area contributed by atoms with Gasteiger partial charge in [0.1, 0.15) is 5.75 Å². The topological polar surface area (TPSA) is 63.5 Å². The summed E-state index contributed by atoms with van der Waals surface area (Å²) in [5.41, 5.74) is 0.796. The Kier molecular flexibility index (Phi) is 9.97. The van der Waals surface area contributed by atoms with E-state index in [1.807, 2.05) is 16.9 Å². The van der Waals surface area contributed by atoms with Gasteiger partial charge in [-0.1, -0.05) is 12.1 Å². The fourth-order valence-corrected chi connectivity index (χ4v) is 2.20. The number of aliphatic imine (C=N–C) groups is 1. The van der Waals surface area contributed by atoms with Crippen molar-refractivity contribution in [3.8, 4) is 5.75 Å². The molecule has 10 heteroatoms. The fourth-order valence-electron chi connectivity index (χ4n) is 2.20. The molecule has 2 aromatic rings. The first-order chi connectivity index (χ1) is 12.5. The van der Waals surface area contributed by atoms with Crippen molar-refractivity contribution in [2.24, 2.45) is 4.99 Å². The Bertz CT molecular complexity index is 692. The monoisotopic (exact) mass is 497 g/mol. The average Bonchev–Trinajstić information content (AvgIpc) is 3.12. The number of alkyl halides is 3. The summed E-state index contributed by atoms with van der Waals surface area (Å²) >= 11 is 0. The van der Waals surface area contributed by atoms with Crippen LogP contribution in [0.15, 0.2) is 47.7 Å². The number of aryl methyl sites for hydroxylation is 1. The number of benzene rings is 1. The third-order valence-corrected chi connectivity index (χ3v) is 3.40. The van der Waals surface area contributed by atoms with E-state index in [0.717, 1.165) is 18.5 Å². The quantitative estimate of drug-likeness (QED) is 0.255. The second-order valence-electron chi connectivity index (χ2n) is 5.53. The Labute approximate surface area is 173 Å². The number of halogens is 4. The van der Waals surface area contributed by atoms with E-state index in [1.165, 1.54) is 6.07 Å². The molecule has 1 aromatic carbocycles. The zero-order valence-corrected chi connectivity index (χ0v) is 17.2. The van der Waals surface area contributed by atoms with Crippen LogP contribution in [0.4, 0.5) is 13.2 Å². The van der Waals surface area contributed by atoms with E-state index in [9.17, 15) is 13.2 Å². The second-order valence-corrected chi connectivity index (χ2v) is 5.53. The third kappa shape index (κ3) is 9.50. The van der Waals surface area contributed by atoms with E-state index in [2.05, 4.69) is 20.7 Å². The van der Waals surface area contributed by atoms with Gasteiger partial charge in [0.2, 0.25) is 0 Å². The highest BCUT2D eigenvalue weighted by Gasteiger charge is 2.28. The summed E-state index contributed by atoms with van der Waals surface area (Å²) in [7, 11) is 1.66. The summed E-state index contributed by atoms with van der Waals surface area (Å²) in [6.45, 7) is 0.634. The van der Waals surface area contributed by atoms with Crippen LogP contribution in [0.5, 0.6) is 5.75 Å². The highest BCUT2D eigenvalue weighted by atomic mass is 127. The molecule has 0 saturated heterocycles. The number of ether oxygens (including phenoxy) is 1. The van der Waals surface area contributed by atoms with E-state index in [4.69, 9.17) is 4.74 Å². The Morgan fingerprint density at radius 3 is 2.74 bits per heavy atom. The molecule has 0 aliphatic heterocycles. The van der Waals surface area contributed by atoms with Gasteiger partial charge in [0.05, 0.1) is 0 Å². The molecule has 0 aliphatic rings. The normalized spacial score (nSPS) is 11.6. The first-order valence-electron chi connectivity index (χ1n) is 8.17. The van der Waals surface area contributed by atoms with Gasteiger partial charge in [-0.05, 0) is 30.2 Å². The molecule has 0 fully saturated rings. The van der Waals surface area contributed by atoms with E-state index in [0.29, 0.717) is 19.0 Å². The number of nitrogens with one attached hydrogen (secondary N) is 2. The second kappa shape index (κ2) is 11.7. The van der Waals surface area contributed by atoms with Crippen molar-refractivity contribution in [3.63, 3.8) is 0 Å². The fraction of sp³-hybridized carbons (Fsp3) is 0.412. The van der Waals surface area contributed by atoms with Crippen LogP contribution in [-0.4, -0.2) is 42.1 Å². The maximum atomic E-state index is 12.2. The molecule has 0 amide bonds. The number of nitrogens with zero attached hydrogens (tertiary/aromatic N) is 3. The van der Waals surface area contributed by atoms with Gasteiger partial charge in [-0.2, -0.15) is 18.3 Å². The van der Waals surface area contributed by atoms with Crippen molar-refractivity contribution >= 4 is 29.9 Å². The molecule has 0 atom stereocenters. The smallest absolute Gasteiger partial charge is 0.422 e.